The van der Waals surface area contributed by atoms with Gasteiger partial charge in [-0.05, 0) is 13.0 Å². The minimum absolute atomic E-state index is 0.0611. The highest BCUT2D eigenvalue weighted by Gasteiger charge is 2.29. The predicted molar refractivity (Wildman–Crippen MR) is 81.1 cm³/mol. The van der Waals surface area contributed by atoms with Gasteiger partial charge in [-0.3, -0.25) is 4.79 Å². The molecule has 1 aliphatic rings. The molecule has 1 saturated heterocycles. The van der Waals surface area contributed by atoms with Gasteiger partial charge in [0.1, 0.15) is 11.3 Å². The highest BCUT2D eigenvalue weighted by atomic mass is 35.5. The molecule has 0 saturated carbocycles. The number of nitrogens with zero attached hydrogens (tertiary/aromatic N) is 1. The lowest BCUT2D eigenvalue weighted by Gasteiger charge is -2.20. The lowest BCUT2D eigenvalue weighted by atomic mass is 10.0. The zero-order chi connectivity index (χ0) is 16.1. The van der Waals surface area contributed by atoms with Gasteiger partial charge in [-0.2, -0.15) is 0 Å². The van der Waals surface area contributed by atoms with Crippen molar-refractivity contribution < 1.29 is 19.1 Å². The molecular weight excluding hydrogens is 331 g/mol. The maximum absolute atomic E-state index is 12.6. The summed E-state index contributed by atoms with van der Waals surface area (Å²) < 4.78 is 10.2. The molecular formula is C14H14Cl2N2O4. The van der Waals surface area contributed by atoms with E-state index >= 15 is 0 Å². The topological polar surface area (TPSA) is 77.5 Å². The number of morpholine rings is 1. The van der Waals surface area contributed by atoms with Gasteiger partial charge in [0.25, 0.3) is 0 Å². The lowest BCUT2D eigenvalue weighted by Crippen LogP contribution is -2.34. The predicted octanol–water partition coefficient (Wildman–Crippen LogP) is 2.01. The second-order valence-corrected chi connectivity index (χ2v) is 5.21. The molecule has 6 nitrogen and oxygen atoms in total. The molecule has 0 radical (unpaired) electrons. The van der Waals surface area contributed by atoms with E-state index in [4.69, 9.17) is 32.7 Å². The number of carbonyl (C=O) groups is 2. The molecule has 1 N–H and O–H groups in total. The van der Waals surface area contributed by atoms with E-state index in [2.05, 4.69) is 10.3 Å². The van der Waals surface area contributed by atoms with Crippen molar-refractivity contribution in [2.45, 2.75) is 6.92 Å². The van der Waals surface area contributed by atoms with E-state index in [9.17, 15) is 9.59 Å². The molecule has 8 heteroatoms. The van der Waals surface area contributed by atoms with E-state index < -0.39 is 11.8 Å². The van der Waals surface area contributed by atoms with E-state index in [1.165, 1.54) is 12.3 Å². The minimum Gasteiger partial charge on any atom is -0.462 e. The molecule has 1 aromatic rings. The van der Waals surface area contributed by atoms with Gasteiger partial charge in [0.15, 0.2) is 0 Å². The molecule has 118 valence electrons. The van der Waals surface area contributed by atoms with Gasteiger partial charge in [-0.1, -0.05) is 23.2 Å². The Hall–Kier alpha value is -1.63. The number of carbonyl (C=O) groups excluding carboxylic acids is 2. The molecule has 1 fully saturated rings. The molecule has 0 aliphatic carbocycles. The van der Waals surface area contributed by atoms with Crippen molar-refractivity contribution in [3.05, 3.63) is 39.3 Å². The monoisotopic (exact) mass is 344 g/mol. The summed E-state index contributed by atoms with van der Waals surface area (Å²) in [5, 5.41) is 3.34. The number of hydrogen-bond donors (Lipinski definition) is 1. The maximum atomic E-state index is 12.6. The maximum Gasteiger partial charge on any atom is 0.344 e. The van der Waals surface area contributed by atoms with Gasteiger partial charge in [0, 0.05) is 12.7 Å². The Labute approximate surface area is 137 Å². The Balaban J connectivity index is 2.44. The first-order valence-corrected chi connectivity index (χ1v) is 7.37. The van der Waals surface area contributed by atoms with Gasteiger partial charge in [-0.15, -0.1) is 0 Å². The van der Waals surface area contributed by atoms with Crippen LogP contribution in [-0.4, -0.2) is 43.1 Å². The molecule has 0 bridgehead atoms. The molecule has 22 heavy (non-hydrogen) atoms. The smallest absolute Gasteiger partial charge is 0.344 e. The van der Waals surface area contributed by atoms with Crippen LogP contribution in [0.25, 0.3) is 0 Å². The van der Waals surface area contributed by atoms with Crippen LogP contribution in [0.3, 0.4) is 0 Å². The Bertz CT molecular complexity index is 623. The highest BCUT2D eigenvalue weighted by molar-refractivity contribution is 6.38. The molecule has 1 aromatic heterocycles. The van der Waals surface area contributed by atoms with Crippen LogP contribution in [0.15, 0.2) is 23.5 Å². The van der Waals surface area contributed by atoms with Crippen LogP contribution in [0.4, 0.5) is 0 Å². The first kappa shape index (κ1) is 16.7. The Morgan fingerprint density at radius 1 is 1.45 bits per heavy atom. The number of esters is 1. The summed E-state index contributed by atoms with van der Waals surface area (Å²) >= 11 is 11.8. The normalized spacial score (nSPS) is 16.7. The summed E-state index contributed by atoms with van der Waals surface area (Å²) in [6.07, 6.45) is 1.29. The fourth-order valence-electron chi connectivity index (χ4n) is 1.92. The molecule has 2 rings (SSSR count). The quantitative estimate of drug-likeness (QED) is 0.296. The van der Waals surface area contributed by atoms with E-state index in [1.54, 1.807) is 6.92 Å². The zero-order valence-corrected chi connectivity index (χ0v) is 13.3. The van der Waals surface area contributed by atoms with E-state index in [1.807, 2.05) is 0 Å². The fourth-order valence-corrected chi connectivity index (χ4v) is 2.38. The Morgan fingerprint density at radius 2 is 2.23 bits per heavy atom. The molecule has 0 spiro atoms. The summed E-state index contributed by atoms with van der Waals surface area (Å²) in [6.45, 7) is 2.90. The third kappa shape index (κ3) is 3.76. The summed E-state index contributed by atoms with van der Waals surface area (Å²) in [6, 6.07) is 1.39. The number of Topliss-reactive ketones (excluding diaryl/α,β-unsaturated/α-hetero) is 1. The molecule has 0 atom stereocenters. The van der Waals surface area contributed by atoms with Crippen LogP contribution in [-0.2, 0) is 14.3 Å². The van der Waals surface area contributed by atoms with E-state index in [-0.39, 0.29) is 29.5 Å². The first-order chi connectivity index (χ1) is 10.5. The summed E-state index contributed by atoms with van der Waals surface area (Å²) in [5.41, 5.74) is 0.148. The van der Waals surface area contributed by atoms with E-state index in [0.29, 0.717) is 23.9 Å². The van der Waals surface area contributed by atoms with Crippen molar-refractivity contribution in [3.8, 4) is 0 Å². The number of rotatable bonds is 4. The molecule has 2 heterocycles. The van der Waals surface area contributed by atoms with Gasteiger partial charge in [0.05, 0.1) is 35.6 Å². The number of hydrogen-bond acceptors (Lipinski definition) is 6. The standard InChI is InChI=1S/C14H14Cl2N2O4/c1-2-22-14(20)11(10-7-21-4-3-17-10)13(19)12-9(16)5-8(15)6-18-12/h5-6,17H,2-4,7H2,1H3/b11-10+. The SMILES string of the molecule is CCOC(=O)/C(C(=O)c1ncc(Cl)cc1Cl)=C1\COCCN1. The van der Waals surface area contributed by atoms with Gasteiger partial charge in [0.2, 0.25) is 5.78 Å². The summed E-state index contributed by atoms with van der Waals surface area (Å²) in [4.78, 5) is 28.7. The average molecular weight is 345 g/mol. The van der Waals surface area contributed by atoms with Crippen molar-refractivity contribution >= 4 is 35.0 Å². The van der Waals surface area contributed by atoms with Gasteiger partial charge < -0.3 is 14.8 Å². The number of pyridine rings is 1. The van der Waals surface area contributed by atoms with Crippen molar-refractivity contribution in [1.82, 2.24) is 10.3 Å². The van der Waals surface area contributed by atoms with Crippen LogP contribution in [0.1, 0.15) is 17.4 Å². The number of halogens is 2. The van der Waals surface area contributed by atoms with Crippen molar-refractivity contribution in [2.24, 2.45) is 0 Å². The second kappa shape index (κ2) is 7.58. The van der Waals surface area contributed by atoms with E-state index in [0.717, 1.165) is 0 Å². The highest BCUT2D eigenvalue weighted by Crippen LogP contribution is 2.23. The Kier molecular flexibility index (Phi) is 5.76. The molecule has 1 aliphatic heterocycles. The van der Waals surface area contributed by atoms with Crippen LogP contribution in [0, 0.1) is 0 Å². The van der Waals surface area contributed by atoms with Crippen LogP contribution >= 0.6 is 23.2 Å². The minimum atomic E-state index is -0.742. The molecule has 0 unspecified atom stereocenters. The lowest BCUT2D eigenvalue weighted by molar-refractivity contribution is -0.138. The molecule has 0 aromatic carbocycles. The Morgan fingerprint density at radius 3 is 2.82 bits per heavy atom. The van der Waals surface area contributed by atoms with Crippen molar-refractivity contribution in [3.63, 3.8) is 0 Å². The van der Waals surface area contributed by atoms with Gasteiger partial charge in [-0.25, -0.2) is 9.78 Å². The third-order valence-corrected chi connectivity index (χ3v) is 3.36. The fraction of sp³-hybridized carbons (Fsp3) is 0.357. The zero-order valence-electron chi connectivity index (χ0n) is 11.8. The summed E-state index contributed by atoms with van der Waals surface area (Å²) in [5.74, 6) is -1.37. The number of aromatic nitrogens is 1. The number of ether oxygens (including phenoxy) is 2. The number of nitrogens with one attached hydrogen (secondary N) is 1. The van der Waals surface area contributed by atoms with Crippen molar-refractivity contribution in [1.29, 1.82) is 0 Å². The third-order valence-electron chi connectivity index (χ3n) is 2.86. The van der Waals surface area contributed by atoms with Crippen LogP contribution < -0.4 is 5.32 Å². The number of ketones is 1. The second-order valence-electron chi connectivity index (χ2n) is 4.37. The molecule has 0 amide bonds. The van der Waals surface area contributed by atoms with Crippen LogP contribution in [0.5, 0.6) is 0 Å². The van der Waals surface area contributed by atoms with Gasteiger partial charge >= 0.3 is 5.97 Å². The average Bonchev–Trinajstić information content (AvgIpc) is 2.48. The summed E-state index contributed by atoms with van der Waals surface area (Å²) in [7, 11) is 0. The van der Waals surface area contributed by atoms with Crippen LogP contribution in [0.2, 0.25) is 10.0 Å². The largest absolute Gasteiger partial charge is 0.462 e. The van der Waals surface area contributed by atoms with Crippen molar-refractivity contribution in [2.75, 3.05) is 26.4 Å². The first-order valence-electron chi connectivity index (χ1n) is 6.62.